The molecule has 0 spiro atoms. The molecule has 0 radical (unpaired) electrons. The first-order valence-corrected chi connectivity index (χ1v) is 8.94. The van der Waals surface area contributed by atoms with E-state index in [4.69, 9.17) is 4.74 Å². The zero-order chi connectivity index (χ0) is 13.9. The molecular formula is C17H25NOS. The maximum Gasteiger partial charge on any atom is 0.122 e. The molecule has 2 aliphatic rings. The molecule has 1 fully saturated rings. The molecule has 0 bridgehead atoms. The lowest BCUT2D eigenvalue weighted by Crippen LogP contribution is -2.29. The van der Waals surface area contributed by atoms with Gasteiger partial charge in [0.2, 0.25) is 0 Å². The standard InChI is InChI=1S/C17H25NOS/c1-3-20-16-6-5-15(11-16)18-12(2)13-4-7-17-14(10-13)8-9-19-17/h4,7,10,12,15-16,18H,3,5-6,8-9,11H2,1-2H3. The Labute approximate surface area is 126 Å². The Morgan fingerprint density at radius 1 is 1.40 bits per heavy atom. The molecule has 110 valence electrons. The molecule has 1 aromatic carbocycles. The Hall–Kier alpha value is -0.670. The fraction of sp³-hybridized carbons (Fsp3) is 0.647. The van der Waals surface area contributed by atoms with Crippen LogP contribution in [-0.2, 0) is 6.42 Å². The molecule has 1 heterocycles. The molecule has 0 saturated heterocycles. The normalized spacial score (nSPS) is 26.3. The van der Waals surface area contributed by atoms with E-state index in [2.05, 4.69) is 49.1 Å². The van der Waals surface area contributed by atoms with Crippen molar-refractivity contribution < 1.29 is 4.74 Å². The van der Waals surface area contributed by atoms with Gasteiger partial charge in [-0.2, -0.15) is 11.8 Å². The highest BCUT2D eigenvalue weighted by Gasteiger charge is 2.26. The van der Waals surface area contributed by atoms with Crippen LogP contribution in [0.4, 0.5) is 0 Å². The van der Waals surface area contributed by atoms with Crippen LogP contribution < -0.4 is 10.1 Å². The van der Waals surface area contributed by atoms with Gasteiger partial charge in [0.15, 0.2) is 0 Å². The van der Waals surface area contributed by atoms with Crippen LogP contribution in [0.15, 0.2) is 18.2 Å². The van der Waals surface area contributed by atoms with Gasteiger partial charge in [-0.3, -0.25) is 0 Å². The number of nitrogens with one attached hydrogen (secondary N) is 1. The van der Waals surface area contributed by atoms with Crippen molar-refractivity contribution in [2.75, 3.05) is 12.4 Å². The second-order valence-electron chi connectivity index (χ2n) is 5.94. The predicted octanol–water partition coefficient (Wildman–Crippen LogP) is 3.95. The number of rotatable bonds is 5. The molecule has 0 amide bonds. The molecule has 1 saturated carbocycles. The van der Waals surface area contributed by atoms with E-state index in [0.717, 1.165) is 24.0 Å². The van der Waals surface area contributed by atoms with Crippen molar-refractivity contribution >= 4 is 11.8 Å². The molecule has 1 N–H and O–H groups in total. The average molecular weight is 291 g/mol. The number of ether oxygens (including phenoxy) is 1. The van der Waals surface area contributed by atoms with Gasteiger partial charge in [0, 0.05) is 23.8 Å². The second-order valence-corrected chi connectivity index (χ2v) is 7.52. The van der Waals surface area contributed by atoms with Crippen LogP contribution >= 0.6 is 11.8 Å². The Balaban J connectivity index is 1.58. The van der Waals surface area contributed by atoms with Crippen LogP contribution in [0.25, 0.3) is 0 Å². The lowest BCUT2D eigenvalue weighted by molar-refractivity contribution is 0.356. The zero-order valence-corrected chi connectivity index (χ0v) is 13.3. The number of hydrogen-bond donors (Lipinski definition) is 1. The van der Waals surface area contributed by atoms with Crippen molar-refractivity contribution in [1.82, 2.24) is 5.32 Å². The summed E-state index contributed by atoms with van der Waals surface area (Å²) in [5.74, 6) is 2.33. The summed E-state index contributed by atoms with van der Waals surface area (Å²) in [6.45, 7) is 5.40. The van der Waals surface area contributed by atoms with Crippen LogP contribution in [-0.4, -0.2) is 23.7 Å². The quantitative estimate of drug-likeness (QED) is 0.887. The first-order chi connectivity index (χ1) is 9.76. The van der Waals surface area contributed by atoms with Crippen LogP contribution in [0.5, 0.6) is 5.75 Å². The SMILES string of the molecule is CCSC1CCC(NC(C)c2ccc3c(c2)CCO3)C1. The molecule has 20 heavy (non-hydrogen) atoms. The average Bonchev–Trinajstić information content (AvgIpc) is 3.07. The summed E-state index contributed by atoms with van der Waals surface area (Å²) in [4.78, 5) is 0. The molecule has 1 aliphatic carbocycles. The Morgan fingerprint density at radius 3 is 3.15 bits per heavy atom. The minimum absolute atomic E-state index is 0.441. The molecule has 3 heteroatoms. The van der Waals surface area contributed by atoms with Crippen molar-refractivity contribution in [2.45, 2.75) is 56.9 Å². The number of fused-ring (bicyclic) bond motifs is 1. The first kappa shape index (κ1) is 14.3. The van der Waals surface area contributed by atoms with Gasteiger partial charge in [0.25, 0.3) is 0 Å². The van der Waals surface area contributed by atoms with Gasteiger partial charge >= 0.3 is 0 Å². The zero-order valence-electron chi connectivity index (χ0n) is 12.5. The summed E-state index contributed by atoms with van der Waals surface area (Å²) in [5, 5.41) is 4.69. The minimum Gasteiger partial charge on any atom is -0.493 e. The van der Waals surface area contributed by atoms with Gasteiger partial charge in [-0.15, -0.1) is 0 Å². The van der Waals surface area contributed by atoms with Crippen LogP contribution in [0.2, 0.25) is 0 Å². The maximum atomic E-state index is 5.58. The first-order valence-electron chi connectivity index (χ1n) is 7.89. The lowest BCUT2D eigenvalue weighted by atomic mass is 10.0. The van der Waals surface area contributed by atoms with Crippen molar-refractivity contribution in [1.29, 1.82) is 0 Å². The maximum absolute atomic E-state index is 5.58. The highest BCUT2D eigenvalue weighted by molar-refractivity contribution is 7.99. The van der Waals surface area contributed by atoms with Crippen LogP contribution in [0.1, 0.15) is 50.3 Å². The van der Waals surface area contributed by atoms with Crippen molar-refractivity contribution in [3.63, 3.8) is 0 Å². The largest absolute Gasteiger partial charge is 0.493 e. The van der Waals surface area contributed by atoms with Crippen LogP contribution in [0.3, 0.4) is 0 Å². The lowest BCUT2D eigenvalue weighted by Gasteiger charge is -2.20. The summed E-state index contributed by atoms with van der Waals surface area (Å²) in [6, 6.07) is 7.82. The molecule has 3 atom stereocenters. The molecule has 0 aromatic heterocycles. The van der Waals surface area contributed by atoms with Crippen molar-refractivity contribution in [3.8, 4) is 5.75 Å². The van der Waals surface area contributed by atoms with E-state index in [9.17, 15) is 0 Å². The highest BCUT2D eigenvalue weighted by Crippen LogP contribution is 2.32. The van der Waals surface area contributed by atoms with Crippen molar-refractivity contribution in [2.24, 2.45) is 0 Å². The molecular weight excluding hydrogens is 266 g/mol. The third-order valence-corrected chi connectivity index (χ3v) is 5.72. The Bertz CT molecular complexity index is 462. The van der Waals surface area contributed by atoms with Gasteiger partial charge in [-0.1, -0.05) is 19.1 Å². The number of hydrogen-bond acceptors (Lipinski definition) is 3. The Morgan fingerprint density at radius 2 is 2.30 bits per heavy atom. The third kappa shape index (κ3) is 3.15. The monoisotopic (exact) mass is 291 g/mol. The van der Waals surface area contributed by atoms with E-state index in [0.29, 0.717) is 12.1 Å². The smallest absolute Gasteiger partial charge is 0.122 e. The summed E-state index contributed by atoms with van der Waals surface area (Å²) in [6.07, 6.45) is 5.10. The fourth-order valence-corrected chi connectivity index (χ4v) is 4.55. The molecule has 1 aliphatic heterocycles. The second kappa shape index (κ2) is 6.40. The predicted molar refractivity (Wildman–Crippen MR) is 86.8 cm³/mol. The van der Waals surface area contributed by atoms with Crippen molar-refractivity contribution in [3.05, 3.63) is 29.3 Å². The minimum atomic E-state index is 0.441. The summed E-state index contributed by atoms with van der Waals surface area (Å²) in [7, 11) is 0. The van der Waals surface area contributed by atoms with E-state index in [1.54, 1.807) is 0 Å². The van der Waals surface area contributed by atoms with E-state index < -0.39 is 0 Å². The molecule has 2 nitrogen and oxygen atoms in total. The van der Waals surface area contributed by atoms with Gasteiger partial charge in [-0.05, 0) is 49.1 Å². The highest BCUT2D eigenvalue weighted by atomic mass is 32.2. The van der Waals surface area contributed by atoms with Gasteiger partial charge in [0.1, 0.15) is 5.75 Å². The van der Waals surface area contributed by atoms with Gasteiger partial charge < -0.3 is 10.1 Å². The van der Waals surface area contributed by atoms with E-state index >= 15 is 0 Å². The van der Waals surface area contributed by atoms with E-state index in [1.165, 1.54) is 36.1 Å². The summed E-state index contributed by atoms with van der Waals surface area (Å²) < 4.78 is 5.58. The molecule has 3 unspecified atom stereocenters. The van der Waals surface area contributed by atoms with Gasteiger partial charge in [0.05, 0.1) is 6.61 Å². The third-order valence-electron chi connectivity index (χ3n) is 4.49. The van der Waals surface area contributed by atoms with Crippen LogP contribution in [0, 0.1) is 0 Å². The van der Waals surface area contributed by atoms with E-state index in [1.807, 2.05) is 0 Å². The summed E-state index contributed by atoms with van der Waals surface area (Å²) in [5.41, 5.74) is 2.78. The van der Waals surface area contributed by atoms with Gasteiger partial charge in [-0.25, -0.2) is 0 Å². The summed E-state index contributed by atoms with van der Waals surface area (Å²) >= 11 is 2.13. The Kier molecular flexibility index (Phi) is 4.57. The topological polar surface area (TPSA) is 21.3 Å². The fourth-order valence-electron chi connectivity index (χ4n) is 3.40. The van der Waals surface area contributed by atoms with E-state index in [-0.39, 0.29) is 0 Å². The number of benzene rings is 1. The molecule has 1 aromatic rings. The molecule has 3 rings (SSSR count). The number of thioether (sulfide) groups is 1.